The molecule has 1 aromatic heterocycles. The maximum Gasteiger partial charge on any atom is 0.221 e. The number of aromatic nitrogens is 2. The van der Waals surface area contributed by atoms with E-state index in [0.717, 1.165) is 24.1 Å². The van der Waals surface area contributed by atoms with Crippen molar-refractivity contribution in [1.82, 2.24) is 20.0 Å². The fourth-order valence-electron chi connectivity index (χ4n) is 1.66. The van der Waals surface area contributed by atoms with E-state index in [9.17, 15) is 4.79 Å². The number of likely N-dealkylation sites (N-methyl/N-ethyl adjacent to an activating group) is 1. The highest BCUT2D eigenvalue weighted by Gasteiger charge is 2.04. The van der Waals surface area contributed by atoms with Crippen LogP contribution in [0.2, 0.25) is 0 Å². The van der Waals surface area contributed by atoms with E-state index in [0.29, 0.717) is 19.5 Å². The average Bonchev–Trinajstić information content (AvgIpc) is 2.78. The number of nitrogens with zero attached hydrogens (tertiary/aromatic N) is 3. The molecule has 1 rings (SSSR count). The molecule has 0 saturated heterocycles. The van der Waals surface area contributed by atoms with Crippen LogP contribution >= 0.6 is 15.9 Å². The van der Waals surface area contributed by atoms with Crippen molar-refractivity contribution < 1.29 is 4.79 Å². The summed E-state index contributed by atoms with van der Waals surface area (Å²) in [6.45, 7) is 8.53. The van der Waals surface area contributed by atoms with Gasteiger partial charge in [-0.2, -0.15) is 5.10 Å². The number of carbonyl (C=O) groups excluding carboxylic acids is 1. The fourth-order valence-corrected chi connectivity index (χ4v) is 1.99. The Morgan fingerprint density at radius 2 is 2.22 bits per heavy atom. The van der Waals surface area contributed by atoms with Gasteiger partial charge in [0.2, 0.25) is 5.91 Å². The van der Waals surface area contributed by atoms with Crippen LogP contribution in [0.1, 0.15) is 20.3 Å². The van der Waals surface area contributed by atoms with Crippen LogP contribution < -0.4 is 5.32 Å². The molecule has 5 nitrogen and oxygen atoms in total. The summed E-state index contributed by atoms with van der Waals surface area (Å²) < 4.78 is 2.69. The van der Waals surface area contributed by atoms with E-state index >= 15 is 0 Å². The molecule has 0 radical (unpaired) electrons. The highest BCUT2D eigenvalue weighted by Crippen LogP contribution is 2.06. The van der Waals surface area contributed by atoms with Crippen LogP contribution in [0.4, 0.5) is 0 Å². The van der Waals surface area contributed by atoms with Crippen LogP contribution in [0.15, 0.2) is 16.9 Å². The van der Waals surface area contributed by atoms with E-state index in [1.165, 1.54) is 0 Å². The second kappa shape index (κ2) is 8.26. The van der Waals surface area contributed by atoms with Gasteiger partial charge in [0.1, 0.15) is 0 Å². The van der Waals surface area contributed by atoms with Crippen molar-refractivity contribution >= 4 is 21.8 Å². The summed E-state index contributed by atoms with van der Waals surface area (Å²) in [6.07, 6.45) is 4.05. The van der Waals surface area contributed by atoms with E-state index in [2.05, 4.69) is 45.1 Å². The Bertz CT molecular complexity index is 363. The molecular weight excluding hydrogens is 296 g/mol. The van der Waals surface area contributed by atoms with Gasteiger partial charge in [-0.05, 0) is 29.0 Å². The van der Waals surface area contributed by atoms with Crippen molar-refractivity contribution in [3.63, 3.8) is 0 Å². The van der Waals surface area contributed by atoms with E-state index in [1.54, 1.807) is 10.9 Å². The summed E-state index contributed by atoms with van der Waals surface area (Å²) in [4.78, 5) is 13.9. The molecule has 1 aromatic rings. The predicted molar refractivity (Wildman–Crippen MR) is 75.3 cm³/mol. The third kappa shape index (κ3) is 5.64. The topological polar surface area (TPSA) is 50.2 Å². The number of aryl methyl sites for hydroxylation is 1. The minimum Gasteiger partial charge on any atom is -0.355 e. The van der Waals surface area contributed by atoms with Gasteiger partial charge in [-0.15, -0.1) is 0 Å². The smallest absolute Gasteiger partial charge is 0.221 e. The Balaban J connectivity index is 2.14. The van der Waals surface area contributed by atoms with Gasteiger partial charge in [0.25, 0.3) is 0 Å². The number of nitrogens with one attached hydrogen (secondary N) is 1. The van der Waals surface area contributed by atoms with Crippen molar-refractivity contribution in [2.45, 2.75) is 26.8 Å². The Hall–Kier alpha value is -0.880. The lowest BCUT2D eigenvalue weighted by atomic mass is 10.4. The van der Waals surface area contributed by atoms with Crippen molar-refractivity contribution in [2.24, 2.45) is 0 Å². The molecule has 1 amide bonds. The first-order valence-corrected chi connectivity index (χ1v) is 7.12. The third-order valence-corrected chi connectivity index (χ3v) is 3.22. The quantitative estimate of drug-likeness (QED) is 0.790. The third-order valence-electron chi connectivity index (χ3n) is 2.81. The van der Waals surface area contributed by atoms with Crippen molar-refractivity contribution in [1.29, 1.82) is 0 Å². The molecule has 0 unspecified atom stereocenters. The number of hydrogen-bond acceptors (Lipinski definition) is 3. The zero-order valence-electron chi connectivity index (χ0n) is 11.0. The molecule has 102 valence electrons. The van der Waals surface area contributed by atoms with Crippen molar-refractivity contribution in [2.75, 3.05) is 26.2 Å². The molecule has 0 aromatic carbocycles. The highest BCUT2D eigenvalue weighted by molar-refractivity contribution is 9.10. The fraction of sp³-hybridized carbons (Fsp3) is 0.667. The lowest BCUT2D eigenvalue weighted by molar-refractivity contribution is -0.121. The normalized spacial score (nSPS) is 10.9. The summed E-state index contributed by atoms with van der Waals surface area (Å²) in [6, 6.07) is 0. The van der Waals surface area contributed by atoms with Gasteiger partial charge in [-0.1, -0.05) is 13.8 Å². The zero-order valence-corrected chi connectivity index (χ0v) is 12.6. The first kappa shape index (κ1) is 15.2. The first-order chi connectivity index (χ1) is 8.65. The average molecular weight is 317 g/mol. The van der Waals surface area contributed by atoms with E-state index in [-0.39, 0.29) is 5.91 Å². The monoisotopic (exact) mass is 316 g/mol. The van der Waals surface area contributed by atoms with Crippen LogP contribution in [-0.4, -0.2) is 46.8 Å². The molecule has 18 heavy (non-hydrogen) atoms. The van der Waals surface area contributed by atoms with Gasteiger partial charge >= 0.3 is 0 Å². The van der Waals surface area contributed by atoms with Crippen LogP contribution in [0.25, 0.3) is 0 Å². The summed E-state index contributed by atoms with van der Waals surface area (Å²) in [5, 5.41) is 7.03. The molecule has 1 N–H and O–H groups in total. The Morgan fingerprint density at radius 3 is 2.78 bits per heavy atom. The van der Waals surface area contributed by atoms with Gasteiger partial charge in [0.05, 0.1) is 10.7 Å². The summed E-state index contributed by atoms with van der Waals surface area (Å²) in [7, 11) is 0. The maximum absolute atomic E-state index is 11.6. The molecule has 6 heteroatoms. The summed E-state index contributed by atoms with van der Waals surface area (Å²) in [5.74, 6) is 0.0776. The van der Waals surface area contributed by atoms with Crippen LogP contribution in [0, 0.1) is 0 Å². The van der Waals surface area contributed by atoms with Gasteiger partial charge in [-0.3, -0.25) is 9.48 Å². The Kier molecular flexibility index (Phi) is 6.97. The summed E-state index contributed by atoms with van der Waals surface area (Å²) in [5.41, 5.74) is 0. The van der Waals surface area contributed by atoms with Gasteiger partial charge in [0, 0.05) is 32.3 Å². The molecule has 0 saturated carbocycles. The molecular formula is C12H21BrN4O. The van der Waals surface area contributed by atoms with E-state index < -0.39 is 0 Å². The van der Waals surface area contributed by atoms with Crippen molar-refractivity contribution in [3.8, 4) is 0 Å². The molecule has 0 aliphatic heterocycles. The lowest BCUT2D eigenvalue weighted by Gasteiger charge is -2.17. The molecule has 0 fully saturated rings. The SMILES string of the molecule is CCN(CC)CCNC(=O)CCn1cc(Br)cn1. The molecule has 0 spiro atoms. The lowest BCUT2D eigenvalue weighted by Crippen LogP contribution is -2.35. The number of rotatable bonds is 8. The van der Waals surface area contributed by atoms with Gasteiger partial charge in [-0.25, -0.2) is 0 Å². The molecule has 0 aliphatic carbocycles. The van der Waals surface area contributed by atoms with Crippen molar-refractivity contribution in [3.05, 3.63) is 16.9 Å². The number of hydrogen-bond donors (Lipinski definition) is 1. The second-order valence-electron chi connectivity index (χ2n) is 4.05. The van der Waals surface area contributed by atoms with E-state index in [4.69, 9.17) is 0 Å². The van der Waals surface area contributed by atoms with Crippen LogP contribution in [-0.2, 0) is 11.3 Å². The molecule has 0 aliphatic rings. The van der Waals surface area contributed by atoms with Crippen LogP contribution in [0.5, 0.6) is 0 Å². The number of amides is 1. The van der Waals surface area contributed by atoms with E-state index in [1.807, 2.05) is 6.20 Å². The predicted octanol–water partition coefficient (Wildman–Crippen LogP) is 1.49. The van der Waals surface area contributed by atoms with Gasteiger partial charge < -0.3 is 10.2 Å². The highest BCUT2D eigenvalue weighted by atomic mass is 79.9. The number of halogens is 1. The Morgan fingerprint density at radius 1 is 1.50 bits per heavy atom. The number of carbonyl (C=O) groups is 1. The Labute approximate surface area is 117 Å². The molecule has 1 heterocycles. The minimum atomic E-state index is 0.0776. The van der Waals surface area contributed by atoms with Gasteiger partial charge in [0.15, 0.2) is 0 Å². The standard InChI is InChI=1S/C12H21BrN4O/c1-3-16(4-2)8-6-14-12(18)5-7-17-10-11(13)9-15-17/h9-10H,3-8H2,1-2H3,(H,14,18). The largest absolute Gasteiger partial charge is 0.355 e. The summed E-state index contributed by atoms with van der Waals surface area (Å²) >= 11 is 3.32. The zero-order chi connectivity index (χ0) is 13.4. The molecule has 0 bridgehead atoms. The second-order valence-corrected chi connectivity index (χ2v) is 4.96. The minimum absolute atomic E-state index is 0.0776. The molecule has 0 atom stereocenters. The van der Waals surface area contributed by atoms with Crippen LogP contribution in [0.3, 0.4) is 0 Å². The maximum atomic E-state index is 11.6. The first-order valence-electron chi connectivity index (χ1n) is 6.32.